The number of hydrogen-bond acceptors (Lipinski definition) is 7. The Morgan fingerprint density at radius 2 is 2.03 bits per heavy atom. The standard InChI is InChI=1S/C28H29N5O3/c1-18-6-7-19(14-31-18)12-30-13-20(15-34)10-21-11-24-27(23-5-3-2-4-22(21)23)32-17-33(28(24)35)26-8-9-36-16-25(26)29/h2-7,11,13-15,17,20,25-26H,8-10,12,16,29H2,1H3. The van der Waals surface area contributed by atoms with Crippen LogP contribution in [-0.4, -0.2) is 46.3 Å². The molecule has 0 aliphatic carbocycles. The molecular weight excluding hydrogens is 454 g/mol. The Kier molecular flexibility index (Phi) is 6.97. The van der Waals surface area contributed by atoms with Crippen molar-refractivity contribution < 1.29 is 9.53 Å². The largest absolute Gasteiger partial charge is 0.380 e. The van der Waals surface area contributed by atoms with Gasteiger partial charge in [0.1, 0.15) is 6.29 Å². The minimum Gasteiger partial charge on any atom is -0.380 e. The summed E-state index contributed by atoms with van der Waals surface area (Å²) in [4.78, 5) is 39.0. The third-order valence-electron chi connectivity index (χ3n) is 6.77. The molecule has 4 aromatic rings. The van der Waals surface area contributed by atoms with Crippen molar-refractivity contribution in [3.05, 3.63) is 82.2 Å². The van der Waals surface area contributed by atoms with Gasteiger partial charge in [0, 0.05) is 36.1 Å². The highest BCUT2D eigenvalue weighted by atomic mass is 16.5. The van der Waals surface area contributed by atoms with E-state index in [0.717, 1.165) is 33.9 Å². The van der Waals surface area contributed by atoms with Gasteiger partial charge in [0.05, 0.1) is 42.3 Å². The van der Waals surface area contributed by atoms with Crippen molar-refractivity contribution in [2.45, 2.75) is 38.4 Å². The second kappa shape index (κ2) is 10.5. The predicted molar refractivity (Wildman–Crippen MR) is 140 cm³/mol. The summed E-state index contributed by atoms with van der Waals surface area (Å²) in [5.41, 5.74) is 9.62. The van der Waals surface area contributed by atoms with Crippen LogP contribution in [0.25, 0.3) is 21.7 Å². The lowest BCUT2D eigenvalue weighted by atomic mass is 9.94. The second-order valence-electron chi connectivity index (χ2n) is 9.33. The quantitative estimate of drug-likeness (QED) is 0.245. The highest BCUT2D eigenvalue weighted by Gasteiger charge is 2.26. The third-order valence-corrected chi connectivity index (χ3v) is 6.77. The molecule has 3 unspecified atom stereocenters. The van der Waals surface area contributed by atoms with E-state index in [4.69, 9.17) is 10.5 Å². The fraction of sp³-hybridized carbons (Fsp3) is 0.321. The highest BCUT2D eigenvalue weighted by molar-refractivity contribution is 6.06. The van der Waals surface area contributed by atoms with Crippen LogP contribution < -0.4 is 11.3 Å². The van der Waals surface area contributed by atoms with Crippen molar-refractivity contribution >= 4 is 34.2 Å². The number of hydrogen-bond donors (Lipinski definition) is 1. The molecule has 8 heteroatoms. The molecule has 0 saturated carbocycles. The fourth-order valence-electron chi connectivity index (χ4n) is 4.82. The van der Waals surface area contributed by atoms with Crippen molar-refractivity contribution in [3.63, 3.8) is 0 Å². The number of benzene rings is 2. The van der Waals surface area contributed by atoms with Crippen LogP contribution in [0.1, 0.15) is 29.3 Å². The Morgan fingerprint density at radius 3 is 2.78 bits per heavy atom. The lowest BCUT2D eigenvalue weighted by molar-refractivity contribution is -0.109. The van der Waals surface area contributed by atoms with E-state index in [2.05, 4.69) is 15.0 Å². The van der Waals surface area contributed by atoms with Gasteiger partial charge in [-0.3, -0.25) is 19.3 Å². The normalized spacial score (nSPS) is 19.2. The average molecular weight is 484 g/mol. The topological polar surface area (TPSA) is 112 Å². The first-order valence-electron chi connectivity index (χ1n) is 12.2. The molecule has 1 aliphatic rings. The smallest absolute Gasteiger partial charge is 0.261 e. The van der Waals surface area contributed by atoms with Crippen molar-refractivity contribution in [2.75, 3.05) is 13.2 Å². The maximum Gasteiger partial charge on any atom is 0.261 e. The zero-order valence-corrected chi connectivity index (χ0v) is 20.2. The lowest BCUT2D eigenvalue weighted by Crippen LogP contribution is -2.44. The molecule has 0 spiro atoms. The van der Waals surface area contributed by atoms with Crippen LogP contribution in [0, 0.1) is 12.8 Å². The first kappa shape index (κ1) is 24.0. The Bertz CT molecular complexity index is 1480. The average Bonchev–Trinajstić information content (AvgIpc) is 2.90. The van der Waals surface area contributed by atoms with Gasteiger partial charge in [0.15, 0.2) is 0 Å². The predicted octanol–water partition coefficient (Wildman–Crippen LogP) is 3.17. The molecule has 0 amide bonds. The van der Waals surface area contributed by atoms with E-state index in [-0.39, 0.29) is 17.6 Å². The minimum absolute atomic E-state index is 0.127. The molecule has 1 fully saturated rings. The number of rotatable bonds is 7. The fourth-order valence-corrected chi connectivity index (χ4v) is 4.82. The Hall–Kier alpha value is -3.75. The molecule has 184 valence electrons. The SMILES string of the molecule is Cc1ccc(CN=CC(C=O)Cc2cc3c(=O)n(C4CCOCC4N)cnc3c3ccccc23)cn1. The maximum absolute atomic E-state index is 13.6. The van der Waals surface area contributed by atoms with Crippen LogP contribution in [0.5, 0.6) is 0 Å². The van der Waals surface area contributed by atoms with E-state index in [9.17, 15) is 9.59 Å². The van der Waals surface area contributed by atoms with Crippen molar-refractivity contribution in [3.8, 4) is 0 Å². The zero-order chi connectivity index (χ0) is 25.1. The number of nitrogens with two attached hydrogens (primary N) is 1. The number of ether oxygens (including phenoxy) is 1. The molecule has 2 aromatic carbocycles. The molecule has 36 heavy (non-hydrogen) atoms. The van der Waals surface area contributed by atoms with Gasteiger partial charge in [0.25, 0.3) is 5.56 Å². The van der Waals surface area contributed by atoms with Gasteiger partial charge >= 0.3 is 0 Å². The summed E-state index contributed by atoms with van der Waals surface area (Å²) in [6.45, 7) is 3.36. The summed E-state index contributed by atoms with van der Waals surface area (Å²) in [5.74, 6) is -0.424. The number of carbonyl (C=O) groups excluding carboxylic acids is 1. The number of carbonyl (C=O) groups is 1. The molecule has 8 nitrogen and oxygen atoms in total. The van der Waals surface area contributed by atoms with Crippen molar-refractivity contribution in [1.29, 1.82) is 0 Å². The molecule has 2 aromatic heterocycles. The van der Waals surface area contributed by atoms with Crippen molar-refractivity contribution in [1.82, 2.24) is 14.5 Å². The van der Waals surface area contributed by atoms with Gasteiger partial charge in [0.2, 0.25) is 0 Å². The Labute approximate surface area is 208 Å². The van der Waals surface area contributed by atoms with E-state index < -0.39 is 5.92 Å². The highest BCUT2D eigenvalue weighted by Crippen LogP contribution is 2.28. The van der Waals surface area contributed by atoms with Crippen molar-refractivity contribution in [2.24, 2.45) is 16.6 Å². The van der Waals surface area contributed by atoms with E-state index in [1.165, 1.54) is 0 Å². The number of fused-ring (bicyclic) bond motifs is 3. The summed E-state index contributed by atoms with van der Waals surface area (Å²) in [6.07, 6.45) is 7.08. The number of aryl methyl sites for hydroxylation is 1. The Morgan fingerprint density at radius 1 is 1.19 bits per heavy atom. The van der Waals surface area contributed by atoms with Gasteiger partial charge in [-0.15, -0.1) is 0 Å². The number of aromatic nitrogens is 3. The molecule has 0 radical (unpaired) electrons. The van der Waals surface area contributed by atoms with Crippen LogP contribution >= 0.6 is 0 Å². The van der Waals surface area contributed by atoms with E-state index in [1.54, 1.807) is 23.3 Å². The molecule has 0 bridgehead atoms. The van der Waals surface area contributed by atoms with Crippen LogP contribution in [0.15, 0.2) is 64.8 Å². The number of aldehydes is 1. The summed E-state index contributed by atoms with van der Waals surface area (Å²) in [7, 11) is 0. The number of nitrogens with zero attached hydrogens (tertiary/aromatic N) is 4. The lowest BCUT2D eigenvalue weighted by Gasteiger charge is -2.30. The van der Waals surface area contributed by atoms with Gasteiger partial charge in [-0.05, 0) is 48.4 Å². The molecule has 3 atom stereocenters. The van der Waals surface area contributed by atoms with E-state index in [1.807, 2.05) is 49.4 Å². The zero-order valence-electron chi connectivity index (χ0n) is 20.2. The van der Waals surface area contributed by atoms with E-state index >= 15 is 0 Å². The Balaban J connectivity index is 1.50. The maximum atomic E-state index is 13.6. The molecule has 1 saturated heterocycles. The molecule has 5 rings (SSSR count). The first-order valence-corrected chi connectivity index (χ1v) is 12.2. The minimum atomic E-state index is -0.424. The third kappa shape index (κ3) is 4.82. The van der Waals surface area contributed by atoms with Gasteiger partial charge < -0.3 is 15.3 Å². The summed E-state index contributed by atoms with van der Waals surface area (Å²) in [5, 5.41) is 2.38. The molecule has 2 N–H and O–H groups in total. The number of aliphatic imine (C=N–C) groups is 1. The molecule has 3 heterocycles. The van der Waals surface area contributed by atoms with Gasteiger partial charge in [-0.1, -0.05) is 30.3 Å². The van der Waals surface area contributed by atoms with Crippen LogP contribution in [0.3, 0.4) is 0 Å². The van der Waals surface area contributed by atoms with Crippen LogP contribution in [-0.2, 0) is 22.5 Å². The van der Waals surface area contributed by atoms with Gasteiger partial charge in [-0.2, -0.15) is 0 Å². The molecule has 1 aliphatic heterocycles. The molecular formula is C28H29N5O3. The summed E-state index contributed by atoms with van der Waals surface area (Å²) < 4.78 is 7.09. The van der Waals surface area contributed by atoms with Gasteiger partial charge in [-0.25, -0.2) is 4.98 Å². The second-order valence-corrected chi connectivity index (χ2v) is 9.33. The van der Waals surface area contributed by atoms with Crippen LogP contribution in [0.2, 0.25) is 0 Å². The summed E-state index contributed by atoms with van der Waals surface area (Å²) >= 11 is 0. The van der Waals surface area contributed by atoms with E-state index in [0.29, 0.717) is 43.5 Å². The first-order chi connectivity index (χ1) is 17.5. The monoisotopic (exact) mass is 483 g/mol. The summed E-state index contributed by atoms with van der Waals surface area (Å²) in [6, 6.07) is 13.2. The van der Waals surface area contributed by atoms with Crippen LogP contribution in [0.4, 0.5) is 0 Å². The number of pyridine rings is 1.